The Kier molecular flexibility index (Phi) is 7.49. The van der Waals surface area contributed by atoms with Crippen molar-refractivity contribution in [3.63, 3.8) is 0 Å². The maximum absolute atomic E-state index is 14.0. The number of carbonyl (C=O) groups excluding carboxylic acids is 3. The van der Waals surface area contributed by atoms with Crippen LogP contribution in [-0.2, 0) is 16.1 Å². The fourth-order valence-electron chi connectivity index (χ4n) is 5.28. The van der Waals surface area contributed by atoms with E-state index in [1.165, 1.54) is 0 Å². The average molecular weight is 532 g/mol. The first kappa shape index (κ1) is 25.9. The third kappa shape index (κ3) is 5.04. The number of ether oxygens (including phenoxy) is 1. The molecule has 1 spiro atoms. The summed E-state index contributed by atoms with van der Waals surface area (Å²) in [4.78, 5) is 43.9. The summed E-state index contributed by atoms with van der Waals surface area (Å²) >= 11 is 6.26. The molecule has 2 heterocycles. The maximum atomic E-state index is 14.0. The highest BCUT2D eigenvalue weighted by atomic mass is 35.5. The van der Waals surface area contributed by atoms with Crippen LogP contribution in [0.15, 0.2) is 78.9 Å². The molecule has 1 atom stereocenters. The Balaban J connectivity index is 1.38. The van der Waals surface area contributed by atoms with Crippen molar-refractivity contribution in [1.29, 1.82) is 0 Å². The van der Waals surface area contributed by atoms with Crippen LogP contribution in [0.1, 0.15) is 44.7 Å². The lowest BCUT2D eigenvalue weighted by molar-refractivity contribution is -0.128. The summed E-state index contributed by atoms with van der Waals surface area (Å²) in [6.45, 7) is 3.08. The first-order chi connectivity index (χ1) is 18.4. The van der Waals surface area contributed by atoms with Crippen molar-refractivity contribution in [2.75, 3.05) is 19.7 Å². The number of rotatable bonds is 5. The number of aryl methyl sites for hydroxylation is 1. The molecule has 3 aromatic carbocycles. The van der Waals surface area contributed by atoms with Gasteiger partial charge in [-0.1, -0.05) is 72.3 Å². The van der Waals surface area contributed by atoms with Crippen molar-refractivity contribution in [2.45, 2.75) is 38.1 Å². The maximum Gasteiger partial charge on any atom is 0.257 e. The molecule has 2 aliphatic heterocycles. The van der Waals surface area contributed by atoms with E-state index in [4.69, 9.17) is 16.3 Å². The first-order valence-electron chi connectivity index (χ1n) is 12.8. The van der Waals surface area contributed by atoms with Crippen molar-refractivity contribution >= 4 is 29.3 Å². The zero-order chi connectivity index (χ0) is 26.7. The molecule has 2 aliphatic rings. The van der Waals surface area contributed by atoms with E-state index in [0.29, 0.717) is 48.6 Å². The first-order valence-corrected chi connectivity index (χ1v) is 13.2. The van der Waals surface area contributed by atoms with Crippen LogP contribution in [0.3, 0.4) is 0 Å². The molecule has 1 N–H and O–H groups in total. The van der Waals surface area contributed by atoms with Gasteiger partial charge in [-0.3, -0.25) is 19.3 Å². The summed E-state index contributed by atoms with van der Waals surface area (Å²) in [7, 11) is 0. The predicted octanol–water partition coefficient (Wildman–Crippen LogP) is 4.44. The molecule has 0 aromatic heterocycles. The predicted molar refractivity (Wildman–Crippen MR) is 145 cm³/mol. The van der Waals surface area contributed by atoms with E-state index in [9.17, 15) is 14.4 Å². The lowest BCUT2D eigenvalue weighted by Gasteiger charge is -2.44. The van der Waals surface area contributed by atoms with Crippen LogP contribution in [0.25, 0.3) is 0 Å². The number of amides is 3. The number of carbonyl (C=O) groups is 3. The quantitative estimate of drug-likeness (QED) is 0.528. The van der Waals surface area contributed by atoms with Crippen LogP contribution in [0.5, 0.6) is 0 Å². The number of hydrogen-bond donors (Lipinski definition) is 1. The van der Waals surface area contributed by atoms with Gasteiger partial charge in [0.15, 0.2) is 0 Å². The molecule has 3 aromatic rings. The minimum atomic E-state index is -0.981. The summed E-state index contributed by atoms with van der Waals surface area (Å²) in [5.74, 6) is -0.661. The molecule has 0 bridgehead atoms. The summed E-state index contributed by atoms with van der Waals surface area (Å²) < 4.78 is 6.30. The molecule has 0 aliphatic carbocycles. The Hall–Kier alpha value is -3.68. The number of benzene rings is 3. The second-order valence-electron chi connectivity index (χ2n) is 9.74. The zero-order valence-corrected chi connectivity index (χ0v) is 22.0. The van der Waals surface area contributed by atoms with Gasteiger partial charge in [0.25, 0.3) is 11.8 Å². The Morgan fingerprint density at radius 3 is 2.21 bits per heavy atom. The number of piperidine rings is 1. The molecule has 8 heteroatoms. The zero-order valence-electron chi connectivity index (χ0n) is 21.2. The van der Waals surface area contributed by atoms with E-state index < -0.39 is 11.8 Å². The van der Waals surface area contributed by atoms with Gasteiger partial charge in [0, 0.05) is 38.0 Å². The molecule has 7 nitrogen and oxygen atoms in total. The highest BCUT2D eigenvalue weighted by Crippen LogP contribution is 2.39. The third-order valence-electron chi connectivity index (χ3n) is 7.40. The summed E-state index contributed by atoms with van der Waals surface area (Å²) in [5.41, 5.74) is 1.80. The second kappa shape index (κ2) is 11.0. The van der Waals surface area contributed by atoms with Gasteiger partial charge >= 0.3 is 0 Å². The number of halogens is 1. The van der Waals surface area contributed by atoms with Crippen LogP contribution in [0.2, 0.25) is 5.02 Å². The Morgan fingerprint density at radius 1 is 0.895 bits per heavy atom. The summed E-state index contributed by atoms with van der Waals surface area (Å²) in [6, 6.07) is 23.2. The average Bonchev–Trinajstić information content (AvgIpc) is 3.31. The summed E-state index contributed by atoms with van der Waals surface area (Å²) in [5, 5.41) is 3.38. The molecule has 38 heavy (non-hydrogen) atoms. The van der Waals surface area contributed by atoms with E-state index >= 15 is 0 Å². The third-order valence-corrected chi connectivity index (χ3v) is 7.73. The molecular weight excluding hydrogens is 502 g/mol. The van der Waals surface area contributed by atoms with Crippen LogP contribution >= 0.6 is 11.6 Å². The Morgan fingerprint density at radius 2 is 1.53 bits per heavy atom. The number of hydrogen-bond acceptors (Lipinski definition) is 4. The van der Waals surface area contributed by atoms with E-state index in [0.717, 1.165) is 11.1 Å². The molecule has 5 rings (SSSR count). The molecular formula is C30H30ClN3O4. The normalized spacial score (nSPS) is 18.4. The van der Waals surface area contributed by atoms with Crippen molar-refractivity contribution < 1.29 is 19.1 Å². The minimum absolute atomic E-state index is 0.0940. The van der Waals surface area contributed by atoms with Gasteiger partial charge in [0.05, 0.1) is 17.2 Å². The number of nitrogens with one attached hydrogen (secondary N) is 1. The van der Waals surface area contributed by atoms with Crippen LogP contribution < -0.4 is 5.32 Å². The number of likely N-dealkylation sites (tertiary alicyclic amines) is 1. The van der Waals surface area contributed by atoms with Gasteiger partial charge in [-0.25, -0.2) is 0 Å². The fourth-order valence-corrected chi connectivity index (χ4v) is 5.49. The van der Waals surface area contributed by atoms with Crippen LogP contribution in [-0.4, -0.2) is 59.0 Å². The topological polar surface area (TPSA) is 79.0 Å². The van der Waals surface area contributed by atoms with Crippen molar-refractivity contribution in [3.8, 4) is 0 Å². The van der Waals surface area contributed by atoms with E-state index in [-0.39, 0.29) is 24.3 Å². The monoisotopic (exact) mass is 531 g/mol. The summed E-state index contributed by atoms with van der Waals surface area (Å²) in [6.07, 6.45) is 0.784. The van der Waals surface area contributed by atoms with Gasteiger partial charge in [-0.2, -0.15) is 0 Å². The van der Waals surface area contributed by atoms with Gasteiger partial charge in [0.1, 0.15) is 11.8 Å². The SMILES string of the molecule is Cc1ccccc1C(=O)N1C(C(=O)NCc2ccccc2)COC12CCN(C(=O)c1ccccc1Cl)CC2. The lowest BCUT2D eigenvalue weighted by Crippen LogP contribution is -2.59. The highest BCUT2D eigenvalue weighted by Gasteiger charge is 2.54. The molecule has 2 saturated heterocycles. The Labute approximate surface area is 227 Å². The van der Waals surface area contributed by atoms with Crippen LogP contribution in [0, 0.1) is 6.92 Å². The van der Waals surface area contributed by atoms with Crippen molar-refractivity contribution in [2.24, 2.45) is 0 Å². The van der Waals surface area contributed by atoms with Crippen molar-refractivity contribution in [1.82, 2.24) is 15.1 Å². The van der Waals surface area contributed by atoms with E-state index in [2.05, 4.69) is 5.32 Å². The largest absolute Gasteiger partial charge is 0.353 e. The number of nitrogens with zero attached hydrogens (tertiary/aromatic N) is 2. The van der Waals surface area contributed by atoms with Gasteiger partial charge < -0.3 is 15.0 Å². The van der Waals surface area contributed by atoms with E-state index in [1.807, 2.05) is 55.5 Å². The molecule has 0 saturated carbocycles. The highest BCUT2D eigenvalue weighted by molar-refractivity contribution is 6.33. The second-order valence-corrected chi connectivity index (χ2v) is 10.1. The van der Waals surface area contributed by atoms with Crippen molar-refractivity contribution in [3.05, 3.63) is 106 Å². The van der Waals surface area contributed by atoms with E-state index in [1.54, 1.807) is 40.1 Å². The molecule has 0 radical (unpaired) electrons. The van der Waals surface area contributed by atoms with Gasteiger partial charge in [-0.05, 0) is 36.2 Å². The molecule has 2 fully saturated rings. The minimum Gasteiger partial charge on any atom is -0.353 e. The fraction of sp³-hybridized carbons (Fsp3) is 0.300. The van der Waals surface area contributed by atoms with Gasteiger partial charge in [0.2, 0.25) is 5.91 Å². The molecule has 1 unspecified atom stereocenters. The van der Waals surface area contributed by atoms with Crippen LogP contribution in [0.4, 0.5) is 0 Å². The lowest BCUT2D eigenvalue weighted by atomic mass is 9.95. The Bertz CT molecular complexity index is 1340. The standard InChI is InChI=1S/C30H30ClN3O4/c1-21-9-5-6-12-23(21)29(37)34-26(27(35)32-19-22-10-3-2-4-11-22)20-38-30(34)15-17-33(18-16-30)28(36)24-13-7-8-14-25(24)31/h2-14,26H,15-20H2,1H3,(H,32,35). The smallest absolute Gasteiger partial charge is 0.257 e. The molecule has 196 valence electrons. The molecule has 3 amide bonds. The van der Waals surface area contributed by atoms with Gasteiger partial charge in [-0.15, -0.1) is 0 Å².